The van der Waals surface area contributed by atoms with Gasteiger partial charge in [0.2, 0.25) is 0 Å². The Labute approximate surface area is 106 Å². The molecule has 0 amide bonds. The quantitative estimate of drug-likeness (QED) is 0.789. The summed E-state index contributed by atoms with van der Waals surface area (Å²) >= 11 is 0. The average molecular weight is 243 g/mol. The van der Waals surface area contributed by atoms with Gasteiger partial charge in [-0.2, -0.15) is 0 Å². The molecule has 0 bridgehead atoms. The monoisotopic (exact) mass is 243 g/mol. The SMILES string of the molecule is Nc1ccc(N2CCCC2CO)c2ncccc12. The molecule has 0 radical (unpaired) electrons. The number of hydrogen-bond acceptors (Lipinski definition) is 4. The molecule has 1 aliphatic rings. The second-order valence-corrected chi connectivity index (χ2v) is 4.75. The molecule has 0 spiro atoms. The molecule has 3 rings (SSSR count). The zero-order chi connectivity index (χ0) is 12.5. The van der Waals surface area contributed by atoms with E-state index in [1.165, 1.54) is 0 Å². The second-order valence-electron chi connectivity index (χ2n) is 4.75. The summed E-state index contributed by atoms with van der Waals surface area (Å²) in [6.45, 7) is 1.17. The van der Waals surface area contributed by atoms with Crippen LogP contribution in [0.3, 0.4) is 0 Å². The van der Waals surface area contributed by atoms with Crippen LogP contribution in [0.4, 0.5) is 11.4 Å². The summed E-state index contributed by atoms with van der Waals surface area (Å²) < 4.78 is 0. The van der Waals surface area contributed by atoms with E-state index in [4.69, 9.17) is 5.73 Å². The summed E-state index contributed by atoms with van der Waals surface area (Å²) in [5.41, 5.74) is 8.74. The highest BCUT2D eigenvalue weighted by atomic mass is 16.3. The number of anilines is 2. The maximum absolute atomic E-state index is 9.44. The van der Waals surface area contributed by atoms with E-state index in [1.54, 1.807) is 6.20 Å². The molecule has 4 nitrogen and oxygen atoms in total. The van der Waals surface area contributed by atoms with Crippen LogP contribution in [0.1, 0.15) is 12.8 Å². The number of aliphatic hydroxyl groups is 1. The molecule has 94 valence electrons. The first-order valence-electron chi connectivity index (χ1n) is 6.32. The molecule has 4 heteroatoms. The van der Waals surface area contributed by atoms with Gasteiger partial charge in [-0.3, -0.25) is 4.98 Å². The van der Waals surface area contributed by atoms with Crippen LogP contribution in [0.5, 0.6) is 0 Å². The van der Waals surface area contributed by atoms with Crippen LogP contribution < -0.4 is 10.6 Å². The van der Waals surface area contributed by atoms with Gasteiger partial charge in [-0.1, -0.05) is 0 Å². The largest absolute Gasteiger partial charge is 0.398 e. The molecule has 1 aliphatic heterocycles. The van der Waals surface area contributed by atoms with Gasteiger partial charge in [0.25, 0.3) is 0 Å². The Morgan fingerprint density at radius 3 is 3.11 bits per heavy atom. The molecule has 3 N–H and O–H groups in total. The van der Waals surface area contributed by atoms with E-state index in [0.29, 0.717) is 0 Å². The average Bonchev–Trinajstić information content (AvgIpc) is 2.88. The number of nitrogens with two attached hydrogens (primary N) is 1. The van der Waals surface area contributed by atoms with Gasteiger partial charge in [0, 0.05) is 23.8 Å². The van der Waals surface area contributed by atoms with Crippen molar-refractivity contribution in [3.63, 3.8) is 0 Å². The van der Waals surface area contributed by atoms with Gasteiger partial charge in [-0.25, -0.2) is 0 Å². The Hall–Kier alpha value is -1.81. The van der Waals surface area contributed by atoms with Crippen molar-refractivity contribution in [3.05, 3.63) is 30.5 Å². The molecule has 1 unspecified atom stereocenters. The smallest absolute Gasteiger partial charge is 0.0956 e. The van der Waals surface area contributed by atoms with Crippen molar-refractivity contribution >= 4 is 22.3 Å². The fourth-order valence-electron chi connectivity index (χ4n) is 2.75. The van der Waals surface area contributed by atoms with Crippen LogP contribution in [0, 0.1) is 0 Å². The first-order valence-corrected chi connectivity index (χ1v) is 6.32. The van der Waals surface area contributed by atoms with Crippen molar-refractivity contribution in [2.75, 3.05) is 23.8 Å². The van der Waals surface area contributed by atoms with E-state index in [1.807, 2.05) is 24.3 Å². The number of aromatic nitrogens is 1. The third kappa shape index (κ3) is 1.69. The molecule has 18 heavy (non-hydrogen) atoms. The van der Waals surface area contributed by atoms with Crippen LogP contribution in [0.25, 0.3) is 10.9 Å². The third-order valence-electron chi connectivity index (χ3n) is 3.68. The lowest BCUT2D eigenvalue weighted by atomic mass is 10.1. The molecule has 0 saturated carbocycles. The van der Waals surface area contributed by atoms with Crippen LogP contribution in [-0.4, -0.2) is 29.3 Å². The lowest BCUT2D eigenvalue weighted by molar-refractivity contribution is 0.266. The molecule has 0 aliphatic carbocycles. The topological polar surface area (TPSA) is 62.4 Å². The van der Waals surface area contributed by atoms with Crippen molar-refractivity contribution in [1.29, 1.82) is 0 Å². The Morgan fingerprint density at radius 2 is 2.28 bits per heavy atom. The first-order chi connectivity index (χ1) is 8.81. The summed E-state index contributed by atoms with van der Waals surface area (Å²) in [5, 5.41) is 10.4. The minimum atomic E-state index is 0.193. The summed E-state index contributed by atoms with van der Waals surface area (Å²) in [7, 11) is 0. The normalized spacial score (nSPS) is 19.6. The predicted molar refractivity (Wildman–Crippen MR) is 73.6 cm³/mol. The number of nitrogens with zero attached hydrogens (tertiary/aromatic N) is 2. The van der Waals surface area contributed by atoms with Gasteiger partial charge < -0.3 is 15.7 Å². The summed E-state index contributed by atoms with van der Waals surface area (Å²) in [6, 6.07) is 8.03. The highest BCUT2D eigenvalue weighted by molar-refractivity contribution is 5.98. The molecular formula is C14H17N3O. The first kappa shape index (κ1) is 11.3. The van der Waals surface area contributed by atoms with E-state index in [0.717, 1.165) is 41.7 Å². The summed E-state index contributed by atoms with van der Waals surface area (Å²) in [6.07, 6.45) is 3.94. The van der Waals surface area contributed by atoms with E-state index >= 15 is 0 Å². The number of rotatable bonds is 2. The maximum atomic E-state index is 9.44. The minimum Gasteiger partial charge on any atom is -0.398 e. The fourth-order valence-corrected chi connectivity index (χ4v) is 2.75. The Bertz CT molecular complexity index is 570. The number of pyridine rings is 1. The molecule has 1 aromatic carbocycles. The van der Waals surface area contributed by atoms with Gasteiger partial charge in [-0.05, 0) is 37.1 Å². The van der Waals surface area contributed by atoms with Crippen LogP contribution in [0.15, 0.2) is 30.5 Å². The predicted octanol–water partition coefficient (Wildman–Crippen LogP) is 1.78. The number of hydrogen-bond donors (Lipinski definition) is 2. The molecule has 1 aromatic heterocycles. The standard InChI is InChI=1S/C14H17N3O/c15-12-5-6-13(14-11(12)4-1-7-16-14)17-8-2-3-10(17)9-18/h1,4-7,10,18H,2-3,8-9,15H2. The van der Waals surface area contributed by atoms with Crippen LogP contribution >= 0.6 is 0 Å². The molecule has 2 aromatic rings. The van der Waals surface area contributed by atoms with Gasteiger partial charge in [0.15, 0.2) is 0 Å². The Balaban J connectivity index is 2.15. The van der Waals surface area contributed by atoms with Crippen LogP contribution in [-0.2, 0) is 0 Å². The summed E-state index contributed by atoms with van der Waals surface area (Å²) in [5.74, 6) is 0. The van der Waals surface area contributed by atoms with Crippen molar-refractivity contribution in [2.45, 2.75) is 18.9 Å². The van der Waals surface area contributed by atoms with Crippen molar-refractivity contribution in [1.82, 2.24) is 4.98 Å². The Kier molecular flexibility index (Phi) is 2.80. The number of fused-ring (bicyclic) bond motifs is 1. The van der Waals surface area contributed by atoms with E-state index < -0.39 is 0 Å². The lowest BCUT2D eigenvalue weighted by Crippen LogP contribution is -2.32. The van der Waals surface area contributed by atoms with Gasteiger partial charge in [0.05, 0.1) is 23.9 Å². The van der Waals surface area contributed by atoms with Gasteiger partial charge in [-0.15, -0.1) is 0 Å². The van der Waals surface area contributed by atoms with Crippen molar-refractivity contribution in [2.24, 2.45) is 0 Å². The van der Waals surface area contributed by atoms with E-state index in [2.05, 4.69) is 9.88 Å². The number of benzene rings is 1. The van der Waals surface area contributed by atoms with Crippen molar-refractivity contribution < 1.29 is 5.11 Å². The summed E-state index contributed by atoms with van der Waals surface area (Å²) in [4.78, 5) is 6.70. The zero-order valence-corrected chi connectivity index (χ0v) is 10.2. The highest BCUT2D eigenvalue weighted by Gasteiger charge is 2.25. The van der Waals surface area contributed by atoms with Gasteiger partial charge >= 0.3 is 0 Å². The Morgan fingerprint density at radius 1 is 1.39 bits per heavy atom. The zero-order valence-electron chi connectivity index (χ0n) is 10.2. The van der Waals surface area contributed by atoms with E-state index in [9.17, 15) is 5.11 Å². The van der Waals surface area contributed by atoms with Gasteiger partial charge in [0.1, 0.15) is 0 Å². The number of aliphatic hydroxyl groups excluding tert-OH is 1. The molecule has 1 saturated heterocycles. The molecule has 1 fully saturated rings. The lowest BCUT2D eigenvalue weighted by Gasteiger charge is -2.26. The minimum absolute atomic E-state index is 0.193. The molecular weight excluding hydrogens is 226 g/mol. The van der Waals surface area contributed by atoms with E-state index in [-0.39, 0.29) is 12.6 Å². The van der Waals surface area contributed by atoms with Crippen LogP contribution in [0.2, 0.25) is 0 Å². The maximum Gasteiger partial charge on any atom is 0.0956 e. The fraction of sp³-hybridized carbons (Fsp3) is 0.357. The molecule has 1 atom stereocenters. The third-order valence-corrected chi connectivity index (χ3v) is 3.68. The highest BCUT2D eigenvalue weighted by Crippen LogP contribution is 2.33. The second kappa shape index (κ2) is 4.46. The van der Waals surface area contributed by atoms with Crippen molar-refractivity contribution in [3.8, 4) is 0 Å². The molecule has 2 heterocycles. The number of nitrogen functional groups attached to an aromatic ring is 1.